The maximum Gasteiger partial charge on any atom is 0.193 e. The van der Waals surface area contributed by atoms with Crippen LogP contribution in [-0.2, 0) is 0 Å². The molecule has 0 radical (unpaired) electrons. The van der Waals surface area contributed by atoms with Crippen molar-refractivity contribution in [2.24, 2.45) is 0 Å². The lowest BCUT2D eigenvalue weighted by Crippen LogP contribution is -2.16. The Morgan fingerprint density at radius 2 is 0.435 bits per heavy atom. The monoisotopic (exact) mass is 1590 g/mol. The number of rotatable bonds is 15. The zero-order chi connectivity index (χ0) is 82.4. The zero-order valence-electron chi connectivity index (χ0n) is 66.4. The fraction of sp³-hybridized carbons (Fsp3) is 0. The van der Waals surface area contributed by atoms with Gasteiger partial charge in [0.2, 0.25) is 0 Å². The number of hydrogen-bond donors (Lipinski definition) is 0. The van der Waals surface area contributed by atoms with Crippen molar-refractivity contribution in [2.75, 3.05) is 9.80 Å². The van der Waals surface area contributed by atoms with E-state index >= 15 is 4.79 Å². The molecule has 0 bridgehead atoms. The second-order valence-electron chi connectivity index (χ2n) is 31.7. The zero-order valence-corrected chi connectivity index (χ0v) is 66.4. The third-order valence-corrected chi connectivity index (χ3v) is 24.6. The Morgan fingerprint density at radius 3 is 0.831 bits per heavy atom. The van der Waals surface area contributed by atoms with E-state index < -0.39 is 0 Å². The van der Waals surface area contributed by atoms with E-state index in [9.17, 15) is 14.4 Å². The van der Waals surface area contributed by atoms with Crippen molar-refractivity contribution < 1.29 is 28.7 Å². The minimum atomic E-state index is -0.224. The molecule has 2 aliphatic rings. The summed E-state index contributed by atoms with van der Waals surface area (Å²) in [7, 11) is 0. The van der Waals surface area contributed by atoms with Gasteiger partial charge in [0.15, 0.2) is 46.1 Å². The molecule has 18 aromatic carbocycles. The second kappa shape index (κ2) is 28.4. The Hall–Kier alpha value is -17.0. The highest BCUT2D eigenvalue weighted by molar-refractivity contribution is 6.18. The van der Waals surface area contributed by atoms with Gasteiger partial charge in [0, 0.05) is 122 Å². The number of para-hydroxylation sites is 11. The topological polar surface area (TPSA) is 113 Å². The summed E-state index contributed by atoms with van der Waals surface area (Å²) in [6.45, 7) is 0. The number of carbonyl (C=O) groups is 4. The lowest BCUT2D eigenvalue weighted by atomic mass is 9.96. The van der Waals surface area contributed by atoms with Crippen LogP contribution < -0.4 is 19.3 Å². The van der Waals surface area contributed by atoms with Crippen LogP contribution in [0.4, 0.5) is 34.1 Å². The summed E-state index contributed by atoms with van der Waals surface area (Å²) >= 11 is 0. The number of fused-ring (bicyclic) bond motifs is 16. The van der Waals surface area contributed by atoms with Crippen molar-refractivity contribution in [1.29, 1.82) is 0 Å². The number of nitrogens with zero attached hydrogens (tertiary/aromatic N) is 6. The van der Waals surface area contributed by atoms with Crippen molar-refractivity contribution in [2.45, 2.75) is 0 Å². The molecule has 0 N–H and O–H groups in total. The number of ether oxygens (including phenoxy) is 2. The highest BCUT2D eigenvalue weighted by atomic mass is 16.5. The number of benzene rings is 18. The van der Waals surface area contributed by atoms with Crippen LogP contribution in [-0.4, -0.2) is 41.4 Å². The molecule has 0 unspecified atom stereocenters. The normalized spacial score (nSPS) is 12.3. The van der Waals surface area contributed by atoms with Crippen molar-refractivity contribution in [3.63, 3.8) is 0 Å². The lowest BCUT2D eigenvalue weighted by molar-refractivity contribution is 0.102. The summed E-state index contributed by atoms with van der Waals surface area (Å²) in [6, 6.07) is 137. The maximum absolute atomic E-state index is 15.0. The van der Waals surface area contributed by atoms with E-state index in [2.05, 4.69) is 222 Å². The molecule has 0 spiro atoms. The number of aromatic nitrogens is 4. The summed E-state index contributed by atoms with van der Waals surface area (Å²) < 4.78 is 22.3. The molecule has 582 valence electrons. The Bertz CT molecular complexity index is 8240. The summed E-state index contributed by atoms with van der Waals surface area (Å²) in [5.41, 5.74) is 22.5. The molecule has 6 heterocycles. The number of carbonyl (C=O) groups excluding carboxylic acids is 4. The van der Waals surface area contributed by atoms with Gasteiger partial charge in [0.1, 0.15) is 0 Å². The lowest BCUT2D eigenvalue weighted by Gasteiger charge is -2.33. The smallest absolute Gasteiger partial charge is 0.193 e. The third kappa shape index (κ3) is 11.5. The predicted molar refractivity (Wildman–Crippen MR) is 498 cm³/mol. The van der Waals surface area contributed by atoms with E-state index in [1.807, 2.05) is 170 Å². The molecular formula is C112H68N6O6. The van der Waals surface area contributed by atoms with Gasteiger partial charge in [-0.1, -0.05) is 231 Å². The fourth-order valence-corrected chi connectivity index (χ4v) is 19.0. The van der Waals surface area contributed by atoms with E-state index in [4.69, 9.17) is 9.47 Å². The Labute approximate surface area is 710 Å². The summed E-state index contributed by atoms with van der Waals surface area (Å²) in [6.07, 6.45) is 0. The van der Waals surface area contributed by atoms with Gasteiger partial charge in [-0.3, -0.25) is 19.2 Å². The predicted octanol–water partition coefficient (Wildman–Crippen LogP) is 27.8. The standard InChI is InChI=1S/C112H68N6O6/c119-109(75-27-19-31-79(61-75)113-96-43-9-4-38-88(96)91-67-83(53-57-98(91)113)115-93-40-6-1-35-85(93)86-36-2-7-41-94(86)115)71-23-17-24-72(59-71)110(120)76-28-20-32-80(62-76)114-97-44-10-5-39-89(97)92-68-84(54-58-99(92)114)116-95-42-8-3-37-87(95)90-55-51-69(65-104(90)116)70-52-56-103-108(66-70)124-107-50-16-13-47-102(107)118(103)82-34-22-30-78(64-82)112(122)74-26-18-25-73(60-74)111(121)77-29-21-33-81(63-77)117-100-45-11-14-48-105(100)123-106-49-15-12-46-101(106)117/h1-68H. The van der Waals surface area contributed by atoms with Crippen LogP contribution >= 0.6 is 0 Å². The van der Waals surface area contributed by atoms with Crippen LogP contribution in [0.15, 0.2) is 413 Å². The molecule has 12 heteroatoms. The number of anilines is 6. The molecule has 0 aliphatic carbocycles. The minimum Gasteiger partial charge on any atom is -0.453 e. The molecule has 24 rings (SSSR count). The average molecular weight is 1590 g/mol. The molecule has 0 fully saturated rings. The summed E-state index contributed by atoms with van der Waals surface area (Å²) in [4.78, 5) is 63.5. The van der Waals surface area contributed by atoms with Crippen LogP contribution in [0.5, 0.6) is 23.0 Å². The van der Waals surface area contributed by atoms with Crippen molar-refractivity contribution in [3.05, 3.63) is 457 Å². The van der Waals surface area contributed by atoms with Crippen molar-refractivity contribution in [3.8, 4) is 56.9 Å². The van der Waals surface area contributed by atoms with Gasteiger partial charge >= 0.3 is 0 Å². The first kappa shape index (κ1) is 71.2. The highest BCUT2D eigenvalue weighted by Crippen LogP contribution is 2.54. The van der Waals surface area contributed by atoms with E-state index in [1.165, 1.54) is 10.8 Å². The first-order valence-electron chi connectivity index (χ1n) is 41.4. The Kier molecular flexibility index (Phi) is 16.3. The second-order valence-corrected chi connectivity index (χ2v) is 31.7. The van der Waals surface area contributed by atoms with Crippen LogP contribution in [0.25, 0.3) is 121 Å². The van der Waals surface area contributed by atoms with Gasteiger partial charge in [-0.05, 0) is 193 Å². The summed E-state index contributed by atoms with van der Waals surface area (Å²) in [5.74, 6) is 1.91. The van der Waals surface area contributed by atoms with Gasteiger partial charge in [0.05, 0.1) is 66.9 Å². The van der Waals surface area contributed by atoms with Crippen LogP contribution in [0.3, 0.4) is 0 Å². The summed E-state index contributed by atoms with van der Waals surface area (Å²) in [5, 5.41) is 8.93. The van der Waals surface area contributed by atoms with E-state index in [0.29, 0.717) is 67.5 Å². The highest BCUT2D eigenvalue weighted by Gasteiger charge is 2.31. The molecule has 12 nitrogen and oxygen atoms in total. The molecule has 4 aromatic heterocycles. The van der Waals surface area contributed by atoms with E-state index in [1.54, 1.807) is 48.5 Å². The van der Waals surface area contributed by atoms with Gasteiger partial charge < -0.3 is 37.5 Å². The molecule has 0 saturated carbocycles. The largest absolute Gasteiger partial charge is 0.453 e. The van der Waals surface area contributed by atoms with Crippen LogP contribution in [0.1, 0.15) is 63.7 Å². The molecule has 22 aromatic rings. The SMILES string of the molecule is O=C(c1cccc(C(=O)c2cccc(N3c4ccccc4Oc4cc(-c5ccc6c7ccccc7n(-c7ccc8c(c7)c7ccccc7n8-c7cccc(C(=O)c8cccc(C(=O)c9cccc(-n%10c%11ccccc%11c%11cc(-n%12c%13ccccc%13c%13ccccc%13%12)ccc%11%10)c9)c8)c7)c6c5)ccc43)c2)c1)c1cccc(N2c3ccccc3Oc3ccccc32)c1. The molecule has 2 aliphatic heterocycles. The quantitative estimate of drug-likeness (QED) is 0.0933. The van der Waals surface area contributed by atoms with Crippen LogP contribution in [0, 0.1) is 0 Å². The third-order valence-electron chi connectivity index (χ3n) is 24.6. The van der Waals surface area contributed by atoms with E-state index in [0.717, 1.165) is 144 Å². The van der Waals surface area contributed by atoms with Crippen molar-refractivity contribution in [1.82, 2.24) is 18.3 Å². The van der Waals surface area contributed by atoms with Gasteiger partial charge in [-0.25, -0.2) is 0 Å². The molecule has 124 heavy (non-hydrogen) atoms. The number of ketones is 4. The minimum absolute atomic E-state index is 0.187. The van der Waals surface area contributed by atoms with Crippen molar-refractivity contribution >= 4 is 144 Å². The van der Waals surface area contributed by atoms with Gasteiger partial charge in [0.25, 0.3) is 0 Å². The molecular weight excluding hydrogens is 1530 g/mol. The first-order valence-corrected chi connectivity index (χ1v) is 41.4. The van der Waals surface area contributed by atoms with Crippen LogP contribution in [0.2, 0.25) is 0 Å². The molecule has 0 atom stereocenters. The molecule has 0 saturated heterocycles. The van der Waals surface area contributed by atoms with E-state index in [-0.39, 0.29) is 23.1 Å². The maximum atomic E-state index is 15.0. The number of hydrogen-bond acceptors (Lipinski definition) is 8. The fourth-order valence-electron chi connectivity index (χ4n) is 19.0. The molecule has 0 amide bonds. The van der Waals surface area contributed by atoms with Gasteiger partial charge in [-0.15, -0.1) is 0 Å². The average Bonchev–Trinajstić information content (AvgIpc) is 1.54. The first-order chi connectivity index (χ1) is 61.1. The Morgan fingerprint density at radius 1 is 0.169 bits per heavy atom. The van der Waals surface area contributed by atoms with Gasteiger partial charge in [-0.2, -0.15) is 0 Å². The Balaban J connectivity index is 0.514.